The van der Waals surface area contributed by atoms with Crippen LogP contribution in [0.5, 0.6) is 0 Å². The van der Waals surface area contributed by atoms with Gasteiger partial charge in [-0.15, -0.1) is 0 Å². The van der Waals surface area contributed by atoms with Gasteiger partial charge in [0.1, 0.15) is 0 Å². The number of amides is 1. The van der Waals surface area contributed by atoms with Crippen molar-refractivity contribution in [2.75, 3.05) is 6.54 Å². The number of piperidine rings is 4. The fourth-order valence-corrected chi connectivity index (χ4v) is 5.07. The summed E-state index contributed by atoms with van der Waals surface area (Å²) < 4.78 is 0. The van der Waals surface area contributed by atoms with Crippen LogP contribution in [0.1, 0.15) is 44.6 Å². The lowest BCUT2D eigenvalue weighted by atomic mass is 9.71. The van der Waals surface area contributed by atoms with E-state index in [4.69, 9.17) is 0 Å². The van der Waals surface area contributed by atoms with Gasteiger partial charge >= 0.3 is 0 Å². The number of piperazine rings is 1. The topological polar surface area (TPSA) is 23.6 Å². The van der Waals surface area contributed by atoms with Gasteiger partial charge in [-0.25, -0.2) is 0 Å². The maximum absolute atomic E-state index is 12.3. The molecule has 3 heteroatoms. The molecule has 6 rings (SSSR count). The highest BCUT2D eigenvalue weighted by Crippen LogP contribution is 2.45. The van der Waals surface area contributed by atoms with Crippen LogP contribution in [0.3, 0.4) is 0 Å². The molecule has 0 aromatic heterocycles. The summed E-state index contributed by atoms with van der Waals surface area (Å²) in [5.41, 5.74) is 1.27. The molecule has 5 heterocycles. The molecule has 5 saturated heterocycles. The normalized spacial score (nSPS) is 32.8. The van der Waals surface area contributed by atoms with Crippen molar-refractivity contribution in [3.8, 4) is 0 Å². The number of nitrogens with zero attached hydrogens (tertiary/aromatic N) is 2. The number of rotatable bonds is 4. The molecule has 23 heavy (non-hydrogen) atoms. The molecule has 0 aliphatic carbocycles. The molecule has 4 bridgehead atoms. The first kappa shape index (κ1) is 14.9. The molecule has 5 fully saturated rings. The maximum Gasteiger partial charge on any atom is 0.222 e. The van der Waals surface area contributed by atoms with Gasteiger partial charge in [0.25, 0.3) is 0 Å². The number of fused-ring (bicyclic) bond motifs is 2. The van der Waals surface area contributed by atoms with Gasteiger partial charge in [-0.2, -0.15) is 0 Å². The summed E-state index contributed by atoms with van der Waals surface area (Å²) in [6.45, 7) is 3.02. The van der Waals surface area contributed by atoms with Crippen molar-refractivity contribution in [1.29, 1.82) is 0 Å². The second-order valence-corrected chi connectivity index (χ2v) is 7.09. The quantitative estimate of drug-likeness (QED) is 0.852. The Kier molecular flexibility index (Phi) is 3.98. The number of hydrogen-bond donors (Lipinski definition) is 0. The first-order valence-corrected chi connectivity index (χ1v) is 9.08. The van der Waals surface area contributed by atoms with Crippen molar-refractivity contribution in [3.63, 3.8) is 0 Å². The van der Waals surface area contributed by atoms with Crippen molar-refractivity contribution in [2.24, 2.45) is 0 Å². The lowest BCUT2D eigenvalue weighted by molar-refractivity contribution is -0.169. The number of hydrogen-bond acceptors (Lipinski definition) is 2. The van der Waals surface area contributed by atoms with Crippen molar-refractivity contribution in [3.05, 3.63) is 42.0 Å². The summed E-state index contributed by atoms with van der Waals surface area (Å²) in [6, 6.07) is 12.6. The first-order valence-electron chi connectivity index (χ1n) is 9.08. The van der Waals surface area contributed by atoms with Crippen LogP contribution in [0.4, 0.5) is 0 Å². The lowest BCUT2D eigenvalue weighted by Gasteiger charge is -2.64. The van der Waals surface area contributed by atoms with Crippen LogP contribution in [-0.4, -0.2) is 46.4 Å². The van der Waals surface area contributed by atoms with E-state index in [-0.39, 0.29) is 0 Å². The molecule has 0 spiro atoms. The zero-order valence-corrected chi connectivity index (χ0v) is 13.9. The molecular formula is C20H26N2O. The SMILES string of the molecule is CCC(=O)N1C2CC[C@@H]3[C@H]1CCC2N3C/C=C/c1ccccc1. The Hall–Kier alpha value is -1.61. The Morgan fingerprint density at radius 3 is 2.26 bits per heavy atom. The summed E-state index contributed by atoms with van der Waals surface area (Å²) in [5, 5.41) is 0. The highest BCUT2D eigenvalue weighted by molar-refractivity contribution is 5.77. The van der Waals surface area contributed by atoms with Gasteiger partial charge in [0, 0.05) is 37.1 Å². The van der Waals surface area contributed by atoms with Gasteiger partial charge < -0.3 is 4.90 Å². The molecule has 1 aromatic carbocycles. The molecule has 122 valence electrons. The van der Waals surface area contributed by atoms with E-state index in [0.29, 0.717) is 36.5 Å². The molecule has 1 amide bonds. The number of carbonyl (C=O) groups is 1. The van der Waals surface area contributed by atoms with Gasteiger partial charge in [-0.05, 0) is 31.2 Å². The summed E-state index contributed by atoms with van der Waals surface area (Å²) in [6.07, 6.45) is 10.1. The summed E-state index contributed by atoms with van der Waals surface area (Å²) in [4.78, 5) is 17.3. The van der Waals surface area contributed by atoms with Gasteiger partial charge in [-0.1, -0.05) is 49.4 Å². The van der Waals surface area contributed by atoms with Crippen LogP contribution in [0.15, 0.2) is 36.4 Å². The molecular weight excluding hydrogens is 284 g/mol. The molecule has 1 aromatic rings. The van der Waals surface area contributed by atoms with E-state index < -0.39 is 0 Å². The van der Waals surface area contributed by atoms with E-state index >= 15 is 0 Å². The molecule has 2 unspecified atom stereocenters. The minimum absolute atomic E-state index is 0.369. The predicted molar refractivity (Wildman–Crippen MR) is 92.9 cm³/mol. The smallest absolute Gasteiger partial charge is 0.222 e. The van der Waals surface area contributed by atoms with Crippen LogP contribution >= 0.6 is 0 Å². The molecule has 0 N–H and O–H groups in total. The first-order chi connectivity index (χ1) is 11.3. The predicted octanol–water partition coefficient (Wildman–Crippen LogP) is 3.32. The molecule has 0 saturated carbocycles. The Morgan fingerprint density at radius 1 is 1.04 bits per heavy atom. The summed E-state index contributed by atoms with van der Waals surface area (Å²) in [5.74, 6) is 0.369. The maximum atomic E-state index is 12.3. The Bertz CT molecular complexity index is 577. The van der Waals surface area contributed by atoms with Gasteiger partial charge in [0.15, 0.2) is 0 Å². The standard InChI is InChI=1S/C20H26N2O/c1-2-20(23)22-18-12-10-16-19(22)13-11-17(18)21(16)14-6-9-15-7-4-3-5-8-15/h3-9,16-19H,2,10-14H2,1H3/b9-6+/t16-,17?,18?,19-/m1/s1. The van der Waals surface area contributed by atoms with E-state index in [1.54, 1.807) is 0 Å². The molecule has 3 nitrogen and oxygen atoms in total. The van der Waals surface area contributed by atoms with Crippen LogP contribution < -0.4 is 0 Å². The van der Waals surface area contributed by atoms with Crippen molar-refractivity contribution in [1.82, 2.24) is 9.80 Å². The fraction of sp³-hybridized carbons (Fsp3) is 0.550. The Balaban J connectivity index is 1.48. The fourth-order valence-electron chi connectivity index (χ4n) is 5.07. The zero-order valence-electron chi connectivity index (χ0n) is 13.9. The average molecular weight is 310 g/mol. The highest BCUT2D eigenvalue weighted by atomic mass is 16.2. The van der Waals surface area contributed by atoms with Crippen molar-refractivity contribution < 1.29 is 4.79 Å². The summed E-state index contributed by atoms with van der Waals surface area (Å²) in [7, 11) is 0. The molecule has 5 aliphatic heterocycles. The number of carbonyl (C=O) groups excluding carboxylic acids is 1. The zero-order chi connectivity index (χ0) is 15.8. The van der Waals surface area contributed by atoms with Crippen LogP contribution in [0.25, 0.3) is 6.08 Å². The van der Waals surface area contributed by atoms with E-state index in [0.717, 1.165) is 6.54 Å². The van der Waals surface area contributed by atoms with E-state index in [9.17, 15) is 4.79 Å². The van der Waals surface area contributed by atoms with Crippen LogP contribution in [-0.2, 0) is 4.79 Å². The highest BCUT2D eigenvalue weighted by Gasteiger charge is 2.55. The lowest BCUT2D eigenvalue weighted by Crippen LogP contribution is -2.76. The molecule has 0 radical (unpaired) electrons. The second-order valence-electron chi connectivity index (χ2n) is 7.09. The van der Waals surface area contributed by atoms with Crippen molar-refractivity contribution >= 4 is 12.0 Å². The Morgan fingerprint density at radius 2 is 1.65 bits per heavy atom. The monoisotopic (exact) mass is 310 g/mol. The number of benzene rings is 1. The van der Waals surface area contributed by atoms with Gasteiger partial charge in [-0.3, -0.25) is 9.69 Å². The van der Waals surface area contributed by atoms with Crippen LogP contribution in [0, 0.1) is 0 Å². The largest absolute Gasteiger partial charge is 0.334 e. The molecule has 5 aliphatic rings. The summed E-state index contributed by atoms with van der Waals surface area (Å²) >= 11 is 0. The average Bonchev–Trinajstić information content (AvgIpc) is 2.61. The van der Waals surface area contributed by atoms with Gasteiger partial charge in [0.05, 0.1) is 0 Å². The van der Waals surface area contributed by atoms with Crippen LogP contribution in [0.2, 0.25) is 0 Å². The third-order valence-corrected chi connectivity index (χ3v) is 5.99. The van der Waals surface area contributed by atoms with E-state index in [1.807, 2.05) is 6.92 Å². The van der Waals surface area contributed by atoms with Gasteiger partial charge in [0.2, 0.25) is 5.91 Å². The third kappa shape index (κ3) is 2.51. The van der Waals surface area contributed by atoms with E-state index in [1.165, 1.54) is 31.2 Å². The second kappa shape index (κ2) is 6.12. The molecule has 4 atom stereocenters. The minimum atomic E-state index is 0.369. The minimum Gasteiger partial charge on any atom is -0.334 e. The third-order valence-electron chi connectivity index (χ3n) is 5.99. The Labute approximate surface area is 139 Å². The van der Waals surface area contributed by atoms with E-state index in [2.05, 4.69) is 52.3 Å². The van der Waals surface area contributed by atoms with Crippen molar-refractivity contribution in [2.45, 2.75) is 63.2 Å².